The zero-order chi connectivity index (χ0) is 31.0. The summed E-state index contributed by atoms with van der Waals surface area (Å²) in [7, 11) is 0. The molecule has 0 heterocycles. The lowest BCUT2D eigenvalue weighted by Gasteiger charge is -2.31. The van der Waals surface area contributed by atoms with Gasteiger partial charge in [-0.1, -0.05) is 73.1 Å². The van der Waals surface area contributed by atoms with Crippen LogP contribution < -0.4 is 10.6 Å². The standard InChI is InChI=1S/C33H34ClN3O5/c1-7-22-12-10-13-24(19-22)29(30(39)36-28-21(3)11-9-14-26(28)34)37(8-2)31(40)27(35-32(41)42-33(4,5)6)20-23-15-17-25(38)18-16-23/h2,7,9-19,27,29,38H,1,20H2,3-6H3,(H,35,41)(H,36,39). The Balaban J connectivity index is 2.07. The predicted octanol–water partition coefficient (Wildman–Crippen LogP) is 6.23. The van der Waals surface area contributed by atoms with Gasteiger partial charge in [0.15, 0.2) is 0 Å². The number of anilines is 1. The number of rotatable bonds is 9. The molecular weight excluding hydrogens is 554 g/mol. The van der Waals surface area contributed by atoms with Crippen molar-refractivity contribution in [2.45, 2.75) is 51.8 Å². The van der Waals surface area contributed by atoms with Gasteiger partial charge in [-0.2, -0.15) is 0 Å². The molecule has 3 rings (SSSR count). The minimum Gasteiger partial charge on any atom is -0.508 e. The van der Waals surface area contributed by atoms with E-state index in [4.69, 9.17) is 22.8 Å². The summed E-state index contributed by atoms with van der Waals surface area (Å²) in [5, 5.41) is 15.5. The zero-order valence-electron chi connectivity index (χ0n) is 24.0. The van der Waals surface area contributed by atoms with Gasteiger partial charge in [0, 0.05) is 12.5 Å². The molecule has 3 aromatic rings. The normalized spacial score (nSPS) is 12.3. The SMILES string of the molecule is C#CN(C(=O)C(Cc1ccc(O)cc1)NC(=O)OC(C)(C)C)C(C(=O)Nc1c(C)cccc1Cl)c1cccc(C=C)c1. The number of aryl methyl sites for hydroxylation is 1. The number of ether oxygens (including phenoxy) is 1. The van der Waals surface area contributed by atoms with Gasteiger partial charge in [-0.3, -0.25) is 14.5 Å². The highest BCUT2D eigenvalue weighted by molar-refractivity contribution is 6.34. The van der Waals surface area contributed by atoms with E-state index in [1.165, 1.54) is 12.1 Å². The fourth-order valence-electron chi connectivity index (χ4n) is 4.21. The molecule has 0 aromatic heterocycles. The lowest BCUT2D eigenvalue weighted by molar-refractivity contribution is -0.136. The molecule has 3 amide bonds. The molecule has 2 unspecified atom stereocenters. The van der Waals surface area contributed by atoms with Crippen LogP contribution in [0.3, 0.4) is 0 Å². The van der Waals surface area contributed by atoms with Crippen LogP contribution in [-0.2, 0) is 20.7 Å². The number of nitrogens with one attached hydrogen (secondary N) is 2. The Morgan fingerprint density at radius 1 is 1.12 bits per heavy atom. The Morgan fingerprint density at radius 3 is 2.38 bits per heavy atom. The van der Waals surface area contributed by atoms with Gasteiger partial charge in [0.05, 0.1) is 10.7 Å². The summed E-state index contributed by atoms with van der Waals surface area (Å²) in [4.78, 5) is 41.8. The first-order valence-corrected chi connectivity index (χ1v) is 13.6. The number of alkyl carbamates (subject to hydrolysis) is 1. The largest absolute Gasteiger partial charge is 0.508 e. The van der Waals surface area contributed by atoms with Crippen LogP contribution in [0.15, 0.2) is 73.3 Å². The Morgan fingerprint density at radius 2 is 1.79 bits per heavy atom. The molecule has 0 bridgehead atoms. The molecule has 0 saturated heterocycles. The highest BCUT2D eigenvalue weighted by atomic mass is 35.5. The van der Waals surface area contributed by atoms with Crippen LogP contribution in [0.2, 0.25) is 5.02 Å². The third-order valence-corrected chi connectivity index (χ3v) is 6.50. The molecule has 0 aliphatic carbocycles. The van der Waals surface area contributed by atoms with Gasteiger partial charge in [0.1, 0.15) is 23.4 Å². The van der Waals surface area contributed by atoms with Gasteiger partial charge in [0.2, 0.25) is 0 Å². The van der Waals surface area contributed by atoms with E-state index >= 15 is 0 Å². The van der Waals surface area contributed by atoms with E-state index in [1.807, 2.05) is 0 Å². The van der Waals surface area contributed by atoms with Crippen LogP contribution in [0.1, 0.15) is 49.1 Å². The van der Waals surface area contributed by atoms with Crippen LogP contribution in [0, 0.1) is 19.4 Å². The number of nitrogens with zero attached hydrogens (tertiary/aromatic N) is 1. The van der Waals surface area contributed by atoms with Crippen molar-refractivity contribution in [1.82, 2.24) is 10.2 Å². The molecule has 0 aliphatic rings. The Kier molecular flexibility index (Phi) is 10.4. The molecule has 0 spiro atoms. The Hall–Kier alpha value is -4.74. The summed E-state index contributed by atoms with van der Waals surface area (Å²) < 4.78 is 5.40. The summed E-state index contributed by atoms with van der Waals surface area (Å²) in [6, 6.07) is 18.1. The number of para-hydroxylation sites is 1. The van der Waals surface area contributed by atoms with Crippen molar-refractivity contribution in [3.8, 4) is 18.2 Å². The van der Waals surface area contributed by atoms with E-state index in [-0.39, 0.29) is 12.2 Å². The first kappa shape index (κ1) is 31.8. The van der Waals surface area contributed by atoms with Crippen molar-refractivity contribution in [2.24, 2.45) is 0 Å². The number of hydrogen-bond donors (Lipinski definition) is 3. The first-order valence-electron chi connectivity index (χ1n) is 13.2. The van der Waals surface area contributed by atoms with Crippen molar-refractivity contribution in [3.63, 3.8) is 0 Å². The lowest BCUT2D eigenvalue weighted by Crippen LogP contribution is -2.51. The van der Waals surface area contributed by atoms with E-state index in [0.717, 1.165) is 4.90 Å². The molecule has 8 nitrogen and oxygen atoms in total. The molecule has 0 saturated carbocycles. The number of benzene rings is 3. The molecule has 3 aromatic carbocycles. The van der Waals surface area contributed by atoms with Crippen molar-refractivity contribution < 1.29 is 24.2 Å². The van der Waals surface area contributed by atoms with Crippen LogP contribution >= 0.6 is 11.6 Å². The average Bonchev–Trinajstić information content (AvgIpc) is 2.93. The smallest absolute Gasteiger partial charge is 0.408 e. The summed E-state index contributed by atoms with van der Waals surface area (Å²) in [6.07, 6.45) is 6.68. The van der Waals surface area contributed by atoms with Crippen LogP contribution in [0.4, 0.5) is 10.5 Å². The Labute approximate surface area is 251 Å². The molecule has 0 radical (unpaired) electrons. The Bertz CT molecular complexity index is 1490. The van der Waals surface area contributed by atoms with E-state index in [9.17, 15) is 19.5 Å². The third-order valence-electron chi connectivity index (χ3n) is 6.18. The minimum atomic E-state index is -1.30. The molecule has 2 atom stereocenters. The van der Waals surface area contributed by atoms with Gasteiger partial charge in [-0.05, 0) is 74.2 Å². The maximum atomic E-state index is 14.1. The van der Waals surface area contributed by atoms with E-state index in [0.29, 0.717) is 33.0 Å². The number of halogens is 1. The first-order chi connectivity index (χ1) is 19.8. The van der Waals surface area contributed by atoms with Crippen molar-refractivity contribution in [3.05, 3.63) is 101 Å². The molecule has 3 N–H and O–H groups in total. The van der Waals surface area contributed by atoms with Gasteiger partial charge >= 0.3 is 6.09 Å². The summed E-state index contributed by atoms with van der Waals surface area (Å²) in [6.45, 7) is 10.7. The van der Waals surface area contributed by atoms with Crippen LogP contribution in [-0.4, -0.2) is 39.6 Å². The van der Waals surface area contributed by atoms with Crippen molar-refractivity contribution >= 4 is 41.3 Å². The number of aromatic hydroxyl groups is 1. The van der Waals surface area contributed by atoms with Gasteiger partial charge in [-0.15, -0.1) is 0 Å². The number of amides is 3. The second kappa shape index (κ2) is 13.7. The highest BCUT2D eigenvalue weighted by Gasteiger charge is 2.36. The highest BCUT2D eigenvalue weighted by Crippen LogP contribution is 2.30. The third kappa shape index (κ3) is 8.38. The molecular formula is C33H34ClN3O5. The monoisotopic (exact) mass is 587 g/mol. The fraction of sp³-hybridized carbons (Fsp3) is 0.242. The van der Waals surface area contributed by atoms with Crippen LogP contribution in [0.5, 0.6) is 5.75 Å². The van der Waals surface area contributed by atoms with Crippen molar-refractivity contribution in [2.75, 3.05) is 5.32 Å². The summed E-state index contributed by atoms with van der Waals surface area (Å²) in [5.74, 6) is -1.29. The average molecular weight is 588 g/mol. The predicted molar refractivity (Wildman–Crippen MR) is 165 cm³/mol. The summed E-state index contributed by atoms with van der Waals surface area (Å²) in [5.41, 5.74) is 2.01. The molecule has 0 fully saturated rings. The summed E-state index contributed by atoms with van der Waals surface area (Å²) >= 11 is 6.38. The molecule has 218 valence electrons. The topological polar surface area (TPSA) is 108 Å². The quantitative estimate of drug-likeness (QED) is 0.203. The molecule has 9 heteroatoms. The molecule has 0 aliphatic heterocycles. The molecule has 42 heavy (non-hydrogen) atoms. The van der Waals surface area contributed by atoms with Gasteiger partial charge in [0.25, 0.3) is 11.8 Å². The van der Waals surface area contributed by atoms with Crippen molar-refractivity contribution in [1.29, 1.82) is 0 Å². The van der Waals surface area contributed by atoms with Gasteiger partial charge in [-0.25, -0.2) is 4.79 Å². The van der Waals surface area contributed by atoms with Gasteiger partial charge < -0.3 is 20.5 Å². The van der Waals surface area contributed by atoms with Crippen LogP contribution in [0.25, 0.3) is 6.08 Å². The second-order valence-corrected chi connectivity index (χ2v) is 11.0. The van der Waals surface area contributed by atoms with E-state index in [1.54, 1.807) is 88.4 Å². The number of phenolic OH excluding ortho intramolecular Hbond substituents is 1. The lowest BCUT2D eigenvalue weighted by atomic mass is 9.99. The minimum absolute atomic E-state index is 0.00118. The number of carbonyl (C=O) groups is 3. The number of hydrogen-bond acceptors (Lipinski definition) is 5. The fourth-order valence-corrected chi connectivity index (χ4v) is 4.48. The number of phenols is 1. The number of terminal acetylenes is 1. The maximum absolute atomic E-state index is 14.1. The van der Waals surface area contributed by atoms with E-state index in [2.05, 4.69) is 23.3 Å². The number of carbonyl (C=O) groups excluding carboxylic acids is 3. The maximum Gasteiger partial charge on any atom is 0.408 e. The van der Waals surface area contributed by atoms with E-state index < -0.39 is 35.6 Å². The second-order valence-electron chi connectivity index (χ2n) is 10.6. The zero-order valence-corrected chi connectivity index (χ0v) is 24.7.